The number of hydrogen-bond donors (Lipinski definition) is 3. The lowest BCUT2D eigenvalue weighted by atomic mass is 10.2. The third-order valence-corrected chi connectivity index (χ3v) is 2.99. The Morgan fingerprint density at radius 1 is 1.46 bits per heavy atom. The van der Waals surface area contributed by atoms with Crippen LogP contribution in [0.1, 0.15) is 5.82 Å². The van der Waals surface area contributed by atoms with Gasteiger partial charge in [0.2, 0.25) is 0 Å². The quantitative estimate of drug-likeness (QED) is 0.607. The number of carbonyl (C=O) groups is 1. The van der Waals surface area contributed by atoms with E-state index in [0.717, 1.165) is 0 Å². The van der Waals surface area contributed by atoms with E-state index in [9.17, 15) is 9.18 Å². The highest BCUT2D eigenvalue weighted by molar-refractivity contribution is 5.64. The first-order chi connectivity index (χ1) is 11.6. The van der Waals surface area contributed by atoms with Gasteiger partial charge in [-0.25, -0.2) is 19.3 Å². The molecule has 24 heavy (non-hydrogen) atoms. The van der Waals surface area contributed by atoms with Crippen LogP contribution >= 0.6 is 0 Å². The van der Waals surface area contributed by atoms with Crippen LogP contribution in [0, 0.1) is 5.82 Å². The maximum absolute atomic E-state index is 13.3. The van der Waals surface area contributed by atoms with Gasteiger partial charge in [-0.2, -0.15) is 5.10 Å². The molecule has 3 rings (SSSR count). The van der Waals surface area contributed by atoms with Crippen molar-refractivity contribution in [3.05, 3.63) is 52.7 Å². The normalized spacial score (nSPS) is 9.92. The molecule has 0 amide bonds. The molecule has 0 fully saturated rings. The van der Waals surface area contributed by atoms with Crippen molar-refractivity contribution in [2.24, 2.45) is 0 Å². The number of carboxylic acid groups (broad SMARTS) is 1. The number of ether oxygens (including phenoxy) is 1. The molecule has 0 radical (unpaired) electrons. The minimum absolute atomic E-state index is 0.250. The molecule has 0 atom stereocenters. The summed E-state index contributed by atoms with van der Waals surface area (Å²) in [6.07, 6.45) is 3.36. The van der Waals surface area contributed by atoms with Crippen LogP contribution in [-0.2, 0) is 11.3 Å². The molecule has 3 aromatic rings. The van der Waals surface area contributed by atoms with Crippen LogP contribution in [0.4, 0.5) is 4.39 Å². The molecule has 2 aromatic heterocycles. The summed E-state index contributed by atoms with van der Waals surface area (Å²) in [6.45, 7) is 0.0780. The van der Waals surface area contributed by atoms with Gasteiger partial charge >= 0.3 is 5.69 Å². The Morgan fingerprint density at radius 3 is 2.83 bits per heavy atom. The van der Waals surface area contributed by atoms with Crippen LogP contribution in [0.2, 0.25) is 0 Å². The molecule has 0 aliphatic carbocycles. The van der Waals surface area contributed by atoms with Gasteiger partial charge in [-0.1, -0.05) is 0 Å². The number of benzene rings is 1. The molecule has 0 aliphatic rings. The molecule has 0 aliphatic heterocycles. The van der Waals surface area contributed by atoms with Crippen molar-refractivity contribution >= 4 is 6.47 Å². The molecule has 0 spiro atoms. The monoisotopic (exact) mass is 335 g/mol. The molecule has 1 aromatic carbocycles. The van der Waals surface area contributed by atoms with Crippen LogP contribution in [-0.4, -0.2) is 43.4 Å². The maximum atomic E-state index is 13.3. The number of aromatic nitrogens is 5. The number of H-pyrrole nitrogens is 2. The van der Waals surface area contributed by atoms with Gasteiger partial charge in [0.15, 0.2) is 5.82 Å². The van der Waals surface area contributed by atoms with Crippen molar-refractivity contribution in [3.8, 4) is 17.1 Å². The Bertz CT molecular complexity index is 870. The fourth-order valence-electron chi connectivity index (χ4n) is 2.07. The van der Waals surface area contributed by atoms with Crippen LogP contribution in [0.5, 0.6) is 5.75 Å². The Hall–Kier alpha value is -3.43. The highest BCUT2D eigenvalue weighted by atomic mass is 19.1. The zero-order valence-electron chi connectivity index (χ0n) is 12.6. The number of nitrogens with zero attached hydrogens (tertiary/aromatic N) is 3. The smallest absolute Gasteiger partial charge is 0.340 e. The minimum Gasteiger partial charge on any atom is -0.496 e. The summed E-state index contributed by atoms with van der Waals surface area (Å²) in [5, 5.41) is 13.0. The van der Waals surface area contributed by atoms with Crippen LogP contribution in [0.15, 0.2) is 35.4 Å². The van der Waals surface area contributed by atoms with Gasteiger partial charge < -0.3 is 14.4 Å². The first-order valence-electron chi connectivity index (χ1n) is 6.65. The number of halogens is 1. The Kier molecular flexibility index (Phi) is 5.45. The largest absolute Gasteiger partial charge is 0.496 e. The molecular formula is C14H14FN5O4. The molecule has 0 saturated carbocycles. The molecule has 0 unspecified atom stereocenters. The molecule has 2 heterocycles. The SMILES string of the molecule is COc1cc(F)ccc1-c1nccn1Cc1n[nH]c(=O)[nH]1.O=CO. The van der Waals surface area contributed by atoms with Gasteiger partial charge in [-0.15, -0.1) is 0 Å². The Labute approximate surface area is 134 Å². The third-order valence-electron chi connectivity index (χ3n) is 2.99. The van der Waals surface area contributed by atoms with Crippen molar-refractivity contribution < 1.29 is 19.0 Å². The maximum Gasteiger partial charge on any atom is 0.340 e. The van der Waals surface area contributed by atoms with Crippen molar-refractivity contribution in [3.63, 3.8) is 0 Å². The van der Waals surface area contributed by atoms with Gasteiger partial charge in [0, 0.05) is 18.5 Å². The van der Waals surface area contributed by atoms with E-state index >= 15 is 0 Å². The molecule has 9 nitrogen and oxygen atoms in total. The number of nitrogens with one attached hydrogen (secondary N) is 2. The van der Waals surface area contributed by atoms with Crippen molar-refractivity contribution in [2.45, 2.75) is 6.54 Å². The molecule has 10 heteroatoms. The van der Waals surface area contributed by atoms with Crippen LogP contribution in [0.25, 0.3) is 11.4 Å². The summed E-state index contributed by atoms with van der Waals surface area (Å²) >= 11 is 0. The topological polar surface area (TPSA) is 126 Å². The summed E-state index contributed by atoms with van der Waals surface area (Å²) in [6, 6.07) is 4.23. The van der Waals surface area contributed by atoms with E-state index in [2.05, 4.69) is 20.2 Å². The summed E-state index contributed by atoms with van der Waals surface area (Å²) in [7, 11) is 1.47. The van der Waals surface area contributed by atoms with Gasteiger partial charge in [0.25, 0.3) is 6.47 Å². The fourth-order valence-corrected chi connectivity index (χ4v) is 2.07. The third kappa shape index (κ3) is 3.85. The van der Waals surface area contributed by atoms with Gasteiger partial charge in [0.1, 0.15) is 17.4 Å². The van der Waals surface area contributed by atoms with Crippen molar-refractivity contribution in [1.82, 2.24) is 24.7 Å². The summed E-state index contributed by atoms with van der Waals surface area (Å²) in [4.78, 5) is 26.2. The summed E-state index contributed by atoms with van der Waals surface area (Å²) < 4.78 is 20.2. The van der Waals surface area contributed by atoms with Gasteiger partial charge in [-0.3, -0.25) is 9.78 Å². The number of methoxy groups -OCH3 is 1. The van der Waals surface area contributed by atoms with Crippen molar-refractivity contribution in [2.75, 3.05) is 7.11 Å². The second kappa shape index (κ2) is 7.72. The zero-order chi connectivity index (χ0) is 17.5. The lowest BCUT2D eigenvalue weighted by Crippen LogP contribution is -2.05. The van der Waals surface area contributed by atoms with E-state index < -0.39 is 0 Å². The number of hydrogen-bond acceptors (Lipinski definition) is 5. The average Bonchev–Trinajstić information content (AvgIpc) is 3.17. The average molecular weight is 335 g/mol. The number of imidazole rings is 1. The first-order valence-corrected chi connectivity index (χ1v) is 6.65. The number of rotatable bonds is 4. The van der Waals surface area contributed by atoms with E-state index in [0.29, 0.717) is 29.5 Å². The zero-order valence-corrected chi connectivity index (χ0v) is 12.6. The van der Waals surface area contributed by atoms with Crippen LogP contribution in [0.3, 0.4) is 0 Å². The fraction of sp³-hybridized carbons (Fsp3) is 0.143. The Morgan fingerprint density at radius 2 is 2.21 bits per heavy atom. The van der Waals surface area contributed by atoms with E-state index in [1.165, 1.54) is 19.2 Å². The predicted octanol–water partition coefficient (Wildman–Crippen LogP) is 0.858. The van der Waals surface area contributed by atoms with Crippen molar-refractivity contribution in [1.29, 1.82) is 0 Å². The van der Waals surface area contributed by atoms with Gasteiger partial charge in [0.05, 0.1) is 19.2 Å². The minimum atomic E-state index is -0.384. The first kappa shape index (κ1) is 16.9. The predicted molar refractivity (Wildman–Crippen MR) is 81.2 cm³/mol. The molecular weight excluding hydrogens is 321 g/mol. The Balaban J connectivity index is 0.000000647. The van der Waals surface area contributed by atoms with E-state index in [1.54, 1.807) is 23.0 Å². The second-order valence-corrected chi connectivity index (χ2v) is 4.45. The highest BCUT2D eigenvalue weighted by Crippen LogP contribution is 2.29. The molecule has 3 N–H and O–H groups in total. The molecule has 0 saturated heterocycles. The lowest BCUT2D eigenvalue weighted by molar-refractivity contribution is -0.122. The van der Waals surface area contributed by atoms with E-state index in [4.69, 9.17) is 14.6 Å². The second-order valence-electron chi connectivity index (χ2n) is 4.45. The highest BCUT2D eigenvalue weighted by Gasteiger charge is 2.13. The molecule has 126 valence electrons. The molecule has 0 bridgehead atoms. The van der Waals surface area contributed by atoms with Gasteiger partial charge in [-0.05, 0) is 12.1 Å². The van der Waals surface area contributed by atoms with E-state index in [1.807, 2.05) is 0 Å². The lowest BCUT2D eigenvalue weighted by Gasteiger charge is -2.10. The number of aromatic amines is 2. The summed E-state index contributed by atoms with van der Waals surface area (Å²) in [5.41, 5.74) is 0.285. The summed E-state index contributed by atoms with van der Waals surface area (Å²) in [5.74, 6) is 1.07. The van der Waals surface area contributed by atoms with E-state index in [-0.39, 0.29) is 18.0 Å². The van der Waals surface area contributed by atoms with Crippen LogP contribution < -0.4 is 10.4 Å². The standard InChI is InChI=1S/C13H12FN5O2.CH2O2/c1-21-10-6-8(14)2-3-9(10)12-15-4-5-19(12)7-11-16-13(20)18-17-11;2-1-3/h2-6H,7H2,1H3,(H2,16,17,18,20);1H,(H,2,3).